The second-order valence-electron chi connectivity index (χ2n) is 4.14. The van der Waals surface area contributed by atoms with Crippen LogP contribution in [0.1, 0.15) is 22.1 Å². The van der Waals surface area contributed by atoms with E-state index in [4.69, 9.17) is 4.74 Å². The van der Waals surface area contributed by atoms with Crippen molar-refractivity contribution in [2.24, 2.45) is 0 Å². The summed E-state index contributed by atoms with van der Waals surface area (Å²) < 4.78 is 7.45. The molecule has 1 aromatic carbocycles. The first-order valence-corrected chi connectivity index (χ1v) is 7.94. The van der Waals surface area contributed by atoms with E-state index >= 15 is 0 Å². The zero-order valence-electron chi connectivity index (χ0n) is 9.32. The van der Waals surface area contributed by atoms with Gasteiger partial charge < -0.3 is 9.84 Å². The molecule has 0 saturated heterocycles. The maximum Gasteiger partial charge on any atom is 0.122 e. The lowest BCUT2D eigenvalue weighted by Gasteiger charge is -2.10. The summed E-state index contributed by atoms with van der Waals surface area (Å²) in [4.78, 5) is 0.924. The molecule has 0 aliphatic carbocycles. The molecule has 5 heteroatoms. The van der Waals surface area contributed by atoms with Gasteiger partial charge in [0, 0.05) is 15.8 Å². The van der Waals surface area contributed by atoms with Crippen LogP contribution < -0.4 is 4.74 Å². The van der Waals surface area contributed by atoms with Gasteiger partial charge in [0.1, 0.15) is 11.9 Å². The van der Waals surface area contributed by atoms with Gasteiger partial charge in [-0.1, -0.05) is 6.07 Å². The summed E-state index contributed by atoms with van der Waals surface area (Å²) >= 11 is 8.43. The van der Waals surface area contributed by atoms with E-state index in [1.54, 1.807) is 0 Å². The Morgan fingerprint density at radius 2 is 2.11 bits per heavy atom. The molecule has 1 aliphatic rings. The molecule has 2 heterocycles. The zero-order chi connectivity index (χ0) is 12.7. The van der Waals surface area contributed by atoms with Crippen LogP contribution in [0.15, 0.2) is 32.5 Å². The van der Waals surface area contributed by atoms with Crippen molar-refractivity contribution >= 4 is 43.2 Å². The van der Waals surface area contributed by atoms with Crippen LogP contribution in [0.3, 0.4) is 0 Å². The van der Waals surface area contributed by atoms with Crippen molar-refractivity contribution in [3.05, 3.63) is 48.5 Å². The van der Waals surface area contributed by atoms with Crippen LogP contribution in [-0.2, 0) is 6.42 Å². The Balaban J connectivity index is 1.94. The molecule has 0 saturated carbocycles. The summed E-state index contributed by atoms with van der Waals surface area (Å²) in [7, 11) is 0. The first-order chi connectivity index (χ1) is 8.65. The molecule has 0 amide bonds. The van der Waals surface area contributed by atoms with Crippen LogP contribution in [0.2, 0.25) is 0 Å². The van der Waals surface area contributed by atoms with Crippen molar-refractivity contribution < 1.29 is 9.84 Å². The van der Waals surface area contributed by atoms with Crippen LogP contribution in [0.25, 0.3) is 0 Å². The molecule has 0 fully saturated rings. The SMILES string of the molecule is OC(c1ccc2c(c1)CCO2)c1cc(Br)c(Br)s1. The normalized spacial score (nSPS) is 15.3. The molecule has 0 spiro atoms. The smallest absolute Gasteiger partial charge is 0.122 e. The Hall–Kier alpha value is -0.360. The molecule has 1 unspecified atom stereocenters. The Kier molecular flexibility index (Phi) is 3.49. The van der Waals surface area contributed by atoms with E-state index in [1.807, 2.05) is 24.3 Å². The monoisotopic (exact) mass is 388 g/mol. The molecule has 94 valence electrons. The average molecular weight is 390 g/mol. The fourth-order valence-corrected chi connectivity index (χ4v) is 4.14. The van der Waals surface area contributed by atoms with Gasteiger partial charge in [-0.3, -0.25) is 0 Å². The number of halogens is 2. The molecule has 1 atom stereocenters. The van der Waals surface area contributed by atoms with Crippen molar-refractivity contribution in [2.45, 2.75) is 12.5 Å². The van der Waals surface area contributed by atoms with Crippen LogP contribution >= 0.6 is 43.2 Å². The Morgan fingerprint density at radius 1 is 1.28 bits per heavy atom. The lowest BCUT2D eigenvalue weighted by molar-refractivity contribution is 0.224. The molecule has 18 heavy (non-hydrogen) atoms. The average Bonchev–Trinajstić information content (AvgIpc) is 2.95. The molecular formula is C13H10Br2O2S. The number of fused-ring (bicyclic) bond motifs is 1. The van der Waals surface area contributed by atoms with E-state index in [0.29, 0.717) is 0 Å². The molecule has 1 N–H and O–H groups in total. The largest absolute Gasteiger partial charge is 0.493 e. The predicted octanol–water partition coefficient (Wildman–Crippen LogP) is 4.29. The Labute approximate surface area is 126 Å². The maximum atomic E-state index is 10.4. The van der Waals surface area contributed by atoms with Crippen molar-refractivity contribution in [1.29, 1.82) is 0 Å². The summed E-state index contributed by atoms with van der Waals surface area (Å²) in [5.41, 5.74) is 2.10. The number of aliphatic hydroxyl groups is 1. The first-order valence-electron chi connectivity index (χ1n) is 5.53. The van der Waals surface area contributed by atoms with Crippen LogP contribution in [-0.4, -0.2) is 11.7 Å². The third kappa shape index (κ3) is 2.25. The summed E-state index contributed by atoms with van der Waals surface area (Å²) in [5, 5.41) is 10.4. The molecule has 3 rings (SSSR count). The van der Waals surface area contributed by atoms with Gasteiger partial charge in [-0.2, -0.15) is 0 Å². The summed E-state index contributed by atoms with van der Waals surface area (Å²) in [6, 6.07) is 7.85. The molecule has 0 radical (unpaired) electrons. The fraction of sp³-hybridized carbons (Fsp3) is 0.231. The van der Waals surface area contributed by atoms with E-state index in [2.05, 4.69) is 31.9 Å². The first kappa shape index (κ1) is 12.7. The highest BCUT2D eigenvalue weighted by atomic mass is 79.9. The van der Waals surface area contributed by atoms with Gasteiger partial charge in [-0.25, -0.2) is 0 Å². The molecule has 2 aromatic rings. The third-order valence-corrected chi connectivity index (χ3v) is 6.27. The topological polar surface area (TPSA) is 29.5 Å². The lowest BCUT2D eigenvalue weighted by atomic mass is 10.0. The van der Waals surface area contributed by atoms with Gasteiger partial charge in [0.05, 0.1) is 10.4 Å². The number of rotatable bonds is 2. The van der Waals surface area contributed by atoms with Gasteiger partial charge in [-0.15, -0.1) is 11.3 Å². The van der Waals surface area contributed by atoms with Gasteiger partial charge in [-0.05, 0) is 61.2 Å². The van der Waals surface area contributed by atoms with Gasteiger partial charge in [0.25, 0.3) is 0 Å². The molecule has 2 nitrogen and oxygen atoms in total. The predicted molar refractivity (Wildman–Crippen MR) is 79.4 cm³/mol. The minimum absolute atomic E-state index is 0.580. The third-order valence-electron chi connectivity index (χ3n) is 2.96. The lowest BCUT2D eigenvalue weighted by Crippen LogP contribution is -1.97. The van der Waals surface area contributed by atoms with Crippen LogP contribution in [0, 0.1) is 0 Å². The van der Waals surface area contributed by atoms with E-state index < -0.39 is 6.10 Å². The maximum absolute atomic E-state index is 10.4. The number of hydrogen-bond acceptors (Lipinski definition) is 3. The highest BCUT2D eigenvalue weighted by Crippen LogP contribution is 2.38. The molecule has 1 aliphatic heterocycles. The quantitative estimate of drug-likeness (QED) is 0.830. The van der Waals surface area contributed by atoms with Gasteiger partial charge in [0.15, 0.2) is 0 Å². The van der Waals surface area contributed by atoms with Crippen LogP contribution in [0.5, 0.6) is 5.75 Å². The fourth-order valence-electron chi connectivity index (χ4n) is 2.04. The van der Waals surface area contributed by atoms with E-state index in [1.165, 1.54) is 16.9 Å². The highest BCUT2D eigenvalue weighted by molar-refractivity contribution is 9.13. The Morgan fingerprint density at radius 3 is 2.83 bits per heavy atom. The van der Waals surface area contributed by atoms with E-state index in [-0.39, 0.29) is 0 Å². The van der Waals surface area contributed by atoms with Gasteiger partial charge >= 0.3 is 0 Å². The molecular weight excluding hydrogens is 380 g/mol. The Bertz CT molecular complexity index is 575. The van der Waals surface area contributed by atoms with Gasteiger partial charge in [0.2, 0.25) is 0 Å². The number of benzene rings is 1. The van der Waals surface area contributed by atoms with Crippen molar-refractivity contribution in [2.75, 3.05) is 6.61 Å². The van der Waals surface area contributed by atoms with Crippen molar-refractivity contribution in [1.82, 2.24) is 0 Å². The van der Waals surface area contributed by atoms with Crippen LogP contribution in [0.4, 0.5) is 0 Å². The zero-order valence-corrected chi connectivity index (χ0v) is 13.3. The standard InChI is InChI=1S/C13H10Br2O2S/c14-9-6-11(18-13(9)15)12(16)8-1-2-10-7(5-8)3-4-17-10/h1-2,5-6,12,16H,3-4H2. The van der Waals surface area contributed by atoms with E-state index in [9.17, 15) is 5.11 Å². The number of ether oxygens (including phenoxy) is 1. The molecule has 1 aromatic heterocycles. The van der Waals surface area contributed by atoms with Crippen molar-refractivity contribution in [3.8, 4) is 5.75 Å². The highest BCUT2D eigenvalue weighted by Gasteiger charge is 2.18. The second kappa shape index (κ2) is 4.96. The van der Waals surface area contributed by atoms with Crippen molar-refractivity contribution in [3.63, 3.8) is 0 Å². The summed E-state index contributed by atoms with van der Waals surface area (Å²) in [6.45, 7) is 0.741. The molecule has 0 bridgehead atoms. The van der Waals surface area contributed by atoms with E-state index in [0.717, 1.165) is 37.5 Å². The number of aliphatic hydroxyl groups excluding tert-OH is 1. The summed E-state index contributed by atoms with van der Waals surface area (Å²) in [6.07, 6.45) is 0.344. The second-order valence-corrected chi connectivity index (χ2v) is 7.39. The number of thiophene rings is 1. The minimum atomic E-state index is -0.580. The summed E-state index contributed by atoms with van der Waals surface area (Å²) in [5.74, 6) is 0.944. The minimum Gasteiger partial charge on any atom is -0.493 e. The number of hydrogen-bond donors (Lipinski definition) is 1.